The van der Waals surface area contributed by atoms with Gasteiger partial charge in [0.15, 0.2) is 0 Å². The quantitative estimate of drug-likeness (QED) is 0.877. The highest BCUT2D eigenvalue weighted by Crippen LogP contribution is 2.35. The Morgan fingerprint density at radius 1 is 1.22 bits per heavy atom. The monoisotopic (exact) mass is 241 g/mol. The number of nitrogens with one attached hydrogen (secondary N) is 1. The van der Waals surface area contributed by atoms with Crippen molar-refractivity contribution in [2.45, 2.75) is 12.8 Å². The Kier molecular flexibility index (Phi) is 2.84. The molecule has 2 aromatic rings. The first-order valence-electron chi connectivity index (χ1n) is 6.13. The fourth-order valence-electron chi connectivity index (χ4n) is 2.21. The molecular formula is C14H15N3O. The highest BCUT2D eigenvalue weighted by molar-refractivity contribution is 5.71. The van der Waals surface area contributed by atoms with Crippen molar-refractivity contribution < 1.29 is 4.74 Å². The van der Waals surface area contributed by atoms with Crippen LogP contribution in [0.1, 0.15) is 12.0 Å². The number of ether oxygens (including phenoxy) is 1. The minimum atomic E-state index is 0.629. The van der Waals surface area contributed by atoms with Crippen LogP contribution < -0.4 is 10.1 Å². The van der Waals surface area contributed by atoms with Gasteiger partial charge in [-0.3, -0.25) is 0 Å². The zero-order valence-corrected chi connectivity index (χ0v) is 10.3. The second-order valence-electron chi connectivity index (χ2n) is 4.29. The number of aromatic nitrogens is 2. The van der Waals surface area contributed by atoms with Crippen molar-refractivity contribution in [3.8, 4) is 16.9 Å². The van der Waals surface area contributed by atoms with Crippen molar-refractivity contribution in [3.63, 3.8) is 0 Å². The van der Waals surface area contributed by atoms with E-state index in [1.807, 2.05) is 19.4 Å². The number of anilines is 1. The Morgan fingerprint density at radius 3 is 2.83 bits per heavy atom. The Bertz CT molecular complexity index is 551. The number of rotatable bonds is 2. The number of fused-ring (bicyclic) bond motifs is 1. The molecule has 1 aromatic heterocycles. The molecule has 0 unspecified atom stereocenters. The third kappa shape index (κ3) is 1.90. The van der Waals surface area contributed by atoms with E-state index in [1.54, 1.807) is 0 Å². The van der Waals surface area contributed by atoms with E-state index in [2.05, 4.69) is 33.5 Å². The van der Waals surface area contributed by atoms with Crippen LogP contribution in [-0.2, 0) is 6.42 Å². The molecule has 0 saturated carbocycles. The van der Waals surface area contributed by atoms with E-state index in [0.717, 1.165) is 36.3 Å². The molecule has 4 heteroatoms. The first-order valence-corrected chi connectivity index (χ1v) is 6.13. The predicted molar refractivity (Wildman–Crippen MR) is 70.8 cm³/mol. The number of benzene rings is 1. The molecule has 0 saturated heterocycles. The van der Waals surface area contributed by atoms with E-state index < -0.39 is 0 Å². The topological polar surface area (TPSA) is 47.0 Å². The normalized spacial score (nSPS) is 13.6. The maximum absolute atomic E-state index is 5.79. The highest BCUT2D eigenvalue weighted by atomic mass is 16.5. The van der Waals surface area contributed by atoms with Crippen LogP contribution in [0.2, 0.25) is 0 Å². The Hall–Kier alpha value is -2.10. The summed E-state index contributed by atoms with van der Waals surface area (Å²) in [7, 11) is 1.81. The molecule has 4 nitrogen and oxygen atoms in total. The number of hydrogen-bond acceptors (Lipinski definition) is 4. The molecule has 2 heterocycles. The summed E-state index contributed by atoms with van der Waals surface area (Å²) in [5, 5.41) is 2.91. The van der Waals surface area contributed by atoms with Gasteiger partial charge in [-0.25, -0.2) is 9.97 Å². The van der Waals surface area contributed by atoms with Gasteiger partial charge >= 0.3 is 0 Å². The second kappa shape index (κ2) is 4.64. The van der Waals surface area contributed by atoms with Gasteiger partial charge in [0.1, 0.15) is 5.75 Å². The molecular weight excluding hydrogens is 226 g/mol. The van der Waals surface area contributed by atoms with Gasteiger partial charge in [-0.05, 0) is 18.4 Å². The SMILES string of the molecule is CNc1ncc(-c2cccc3c2OCCC3)cn1. The van der Waals surface area contributed by atoms with E-state index in [-0.39, 0.29) is 0 Å². The largest absolute Gasteiger partial charge is 0.493 e. The molecule has 1 aliphatic heterocycles. The molecule has 1 aliphatic rings. The third-order valence-corrected chi connectivity index (χ3v) is 3.12. The summed E-state index contributed by atoms with van der Waals surface area (Å²) in [6.07, 6.45) is 5.82. The highest BCUT2D eigenvalue weighted by Gasteiger charge is 2.15. The molecule has 18 heavy (non-hydrogen) atoms. The van der Waals surface area contributed by atoms with Gasteiger partial charge in [0.25, 0.3) is 0 Å². The summed E-state index contributed by atoms with van der Waals surface area (Å²) in [6.45, 7) is 0.791. The Labute approximate surface area is 106 Å². The van der Waals surface area contributed by atoms with Gasteiger partial charge in [0.05, 0.1) is 6.61 Å². The first kappa shape index (κ1) is 11.0. The molecule has 92 valence electrons. The van der Waals surface area contributed by atoms with Crippen LogP contribution in [0, 0.1) is 0 Å². The minimum Gasteiger partial charge on any atom is -0.493 e. The fourth-order valence-corrected chi connectivity index (χ4v) is 2.21. The van der Waals surface area contributed by atoms with Crippen LogP contribution in [0.15, 0.2) is 30.6 Å². The molecule has 0 radical (unpaired) electrons. The molecule has 3 rings (SSSR count). The minimum absolute atomic E-state index is 0.629. The summed E-state index contributed by atoms with van der Waals surface area (Å²) in [6, 6.07) is 6.25. The van der Waals surface area contributed by atoms with Crippen LogP contribution in [0.4, 0.5) is 5.95 Å². The van der Waals surface area contributed by atoms with Crippen molar-refractivity contribution in [2.75, 3.05) is 19.0 Å². The van der Waals surface area contributed by atoms with E-state index in [1.165, 1.54) is 5.56 Å². The van der Waals surface area contributed by atoms with Crippen molar-refractivity contribution >= 4 is 5.95 Å². The van der Waals surface area contributed by atoms with Gasteiger partial charge in [-0.2, -0.15) is 0 Å². The lowest BCUT2D eigenvalue weighted by Crippen LogP contribution is -2.09. The average Bonchev–Trinajstić information content (AvgIpc) is 2.47. The Balaban J connectivity index is 2.05. The molecule has 0 fully saturated rings. The van der Waals surface area contributed by atoms with Crippen LogP contribution in [-0.4, -0.2) is 23.6 Å². The van der Waals surface area contributed by atoms with Crippen molar-refractivity contribution in [2.24, 2.45) is 0 Å². The van der Waals surface area contributed by atoms with E-state index in [0.29, 0.717) is 5.95 Å². The van der Waals surface area contributed by atoms with Crippen LogP contribution in [0.3, 0.4) is 0 Å². The Morgan fingerprint density at radius 2 is 2.06 bits per heavy atom. The lowest BCUT2D eigenvalue weighted by Gasteiger charge is -2.20. The average molecular weight is 241 g/mol. The molecule has 0 amide bonds. The molecule has 0 spiro atoms. The smallest absolute Gasteiger partial charge is 0.222 e. The van der Waals surface area contributed by atoms with E-state index in [9.17, 15) is 0 Å². The molecule has 1 aromatic carbocycles. The summed E-state index contributed by atoms with van der Waals surface area (Å²) < 4.78 is 5.79. The summed E-state index contributed by atoms with van der Waals surface area (Å²) in [4.78, 5) is 8.49. The maximum Gasteiger partial charge on any atom is 0.222 e. The molecule has 0 aliphatic carbocycles. The number of para-hydroxylation sites is 1. The second-order valence-corrected chi connectivity index (χ2v) is 4.29. The molecule has 1 N–H and O–H groups in total. The lowest BCUT2D eigenvalue weighted by molar-refractivity contribution is 0.289. The zero-order chi connectivity index (χ0) is 12.4. The zero-order valence-electron chi connectivity index (χ0n) is 10.3. The van der Waals surface area contributed by atoms with Gasteiger partial charge in [0.2, 0.25) is 5.95 Å². The number of hydrogen-bond donors (Lipinski definition) is 1. The van der Waals surface area contributed by atoms with Crippen molar-refractivity contribution in [3.05, 3.63) is 36.2 Å². The third-order valence-electron chi connectivity index (χ3n) is 3.12. The fraction of sp³-hybridized carbons (Fsp3) is 0.286. The van der Waals surface area contributed by atoms with Crippen molar-refractivity contribution in [1.82, 2.24) is 9.97 Å². The maximum atomic E-state index is 5.79. The van der Waals surface area contributed by atoms with Crippen LogP contribution >= 0.6 is 0 Å². The van der Waals surface area contributed by atoms with Crippen LogP contribution in [0.5, 0.6) is 5.75 Å². The van der Waals surface area contributed by atoms with Gasteiger partial charge in [-0.15, -0.1) is 0 Å². The van der Waals surface area contributed by atoms with Gasteiger partial charge in [-0.1, -0.05) is 18.2 Å². The lowest BCUT2D eigenvalue weighted by atomic mass is 9.99. The van der Waals surface area contributed by atoms with E-state index in [4.69, 9.17) is 4.74 Å². The molecule has 0 atom stereocenters. The summed E-state index contributed by atoms with van der Waals surface area (Å²) in [5.74, 6) is 1.62. The van der Waals surface area contributed by atoms with Crippen molar-refractivity contribution in [1.29, 1.82) is 0 Å². The standard InChI is InChI=1S/C14H15N3O/c1-15-14-16-8-11(9-17-14)12-6-2-4-10-5-3-7-18-13(10)12/h2,4,6,8-9H,3,5,7H2,1H3,(H,15,16,17). The van der Waals surface area contributed by atoms with Gasteiger partial charge in [0, 0.05) is 30.6 Å². The van der Waals surface area contributed by atoms with Gasteiger partial charge < -0.3 is 10.1 Å². The predicted octanol–water partition coefficient (Wildman–Crippen LogP) is 2.51. The molecule has 0 bridgehead atoms. The first-order chi connectivity index (χ1) is 8.88. The van der Waals surface area contributed by atoms with E-state index >= 15 is 0 Å². The van der Waals surface area contributed by atoms with Crippen LogP contribution in [0.25, 0.3) is 11.1 Å². The summed E-state index contributed by atoms with van der Waals surface area (Å²) >= 11 is 0. The summed E-state index contributed by atoms with van der Waals surface area (Å²) in [5.41, 5.74) is 3.35. The number of nitrogens with zero attached hydrogens (tertiary/aromatic N) is 2. The number of aryl methyl sites for hydroxylation is 1.